The number of aromatic nitrogens is 2. The van der Waals surface area contributed by atoms with Crippen LogP contribution in [0.1, 0.15) is 11.1 Å². The molecule has 0 aliphatic rings. The van der Waals surface area contributed by atoms with Crippen molar-refractivity contribution in [1.29, 1.82) is 0 Å². The van der Waals surface area contributed by atoms with Crippen LogP contribution in [0.2, 0.25) is 0 Å². The second-order valence-corrected chi connectivity index (χ2v) is 7.08. The molecule has 0 amide bonds. The van der Waals surface area contributed by atoms with E-state index in [0.29, 0.717) is 11.4 Å². The van der Waals surface area contributed by atoms with Gasteiger partial charge in [-0.1, -0.05) is 12.1 Å². The number of halogens is 8. The largest absolute Gasteiger partial charge is 1.00 e. The summed E-state index contributed by atoms with van der Waals surface area (Å²) in [6.45, 7) is 0. The summed E-state index contributed by atoms with van der Waals surface area (Å²) in [5, 5.41) is 0. The summed E-state index contributed by atoms with van der Waals surface area (Å²) in [5.74, 6) is 0. The molecular weight excluding hydrogens is 501 g/mol. The van der Waals surface area contributed by atoms with Gasteiger partial charge in [-0.25, -0.2) is 0 Å². The summed E-state index contributed by atoms with van der Waals surface area (Å²) >= 11 is 0. The fourth-order valence-corrected chi connectivity index (χ4v) is 3.27. The third kappa shape index (κ3) is 6.07. The van der Waals surface area contributed by atoms with Gasteiger partial charge in [0.05, 0.1) is 11.1 Å². The molecule has 2 nitrogen and oxygen atoms in total. The van der Waals surface area contributed by atoms with Gasteiger partial charge in [-0.3, -0.25) is 0 Å². The van der Waals surface area contributed by atoms with Gasteiger partial charge >= 0.3 is 12.4 Å². The van der Waals surface area contributed by atoms with Crippen molar-refractivity contribution in [3.63, 3.8) is 0 Å². The van der Waals surface area contributed by atoms with Gasteiger partial charge in [-0.05, 0) is 23.3 Å². The number of pyridine rings is 2. The van der Waals surface area contributed by atoms with Crippen LogP contribution in [0.15, 0.2) is 97.6 Å². The summed E-state index contributed by atoms with van der Waals surface area (Å²) in [7, 11) is 0. The van der Waals surface area contributed by atoms with E-state index in [0.717, 1.165) is 35.4 Å². The summed E-state index contributed by atoms with van der Waals surface area (Å²) in [5.41, 5.74) is 0.917. The maximum Gasteiger partial charge on any atom is 0.416 e. The normalized spacial score (nSPS) is 11.4. The van der Waals surface area contributed by atoms with Crippen LogP contribution in [0.4, 0.5) is 26.3 Å². The van der Waals surface area contributed by atoms with Gasteiger partial charge in [0.25, 0.3) is 0 Å². The molecule has 0 aliphatic carbocycles. The summed E-state index contributed by atoms with van der Waals surface area (Å²) < 4.78 is 80.8. The molecule has 0 fully saturated rings. The lowest BCUT2D eigenvalue weighted by atomic mass is 10.1. The van der Waals surface area contributed by atoms with Gasteiger partial charge in [-0.2, -0.15) is 35.5 Å². The minimum absolute atomic E-state index is 0. The minimum atomic E-state index is -4.42. The smallest absolute Gasteiger partial charge is 0.416 e. The predicted molar refractivity (Wildman–Crippen MR) is 105 cm³/mol. The van der Waals surface area contributed by atoms with Gasteiger partial charge < -0.3 is 24.8 Å². The molecule has 0 aliphatic heterocycles. The molecule has 0 atom stereocenters. The van der Waals surface area contributed by atoms with Crippen LogP contribution < -0.4 is 33.9 Å². The molecule has 4 rings (SSSR count). The van der Waals surface area contributed by atoms with Crippen LogP contribution in [0.3, 0.4) is 0 Å². The average Bonchev–Trinajstić information content (AvgIpc) is 2.78. The highest BCUT2D eigenvalue weighted by Gasteiger charge is 2.32. The van der Waals surface area contributed by atoms with E-state index in [4.69, 9.17) is 0 Å². The third-order valence-corrected chi connectivity index (χ3v) is 4.94. The van der Waals surface area contributed by atoms with E-state index >= 15 is 0 Å². The molecule has 178 valence electrons. The maximum atomic E-state index is 12.9. The van der Waals surface area contributed by atoms with Crippen molar-refractivity contribution in [2.45, 2.75) is 12.4 Å². The molecule has 10 heteroatoms. The Hall–Kier alpha value is -3.10. The van der Waals surface area contributed by atoms with Crippen LogP contribution in [0.25, 0.3) is 22.5 Å². The Morgan fingerprint density at radius 1 is 0.471 bits per heavy atom. The first kappa shape index (κ1) is 27.1. The Kier molecular flexibility index (Phi) is 8.34. The first-order valence-corrected chi connectivity index (χ1v) is 9.49. The lowest BCUT2D eigenvalue weighted by Crippen LogP contribution is -3.00. The molecule has 0 saturated carbocycles. The van der Waals surface area contributed by atoms with E-state index in [2.05, 4.69) is 0 Å². The Labute approximate surface area is 203 Å². The predicted octanol–water partition coefficient (Wildman–Crippen LogP) is -0.0474. The van der Waals surface area contributed by atoms with Crippen LogP contribution in [0.5, 0.6) is 0 Å². The molecule has 0 radical (unpaired) electrons. The maximum absolute atomic E-state index is 12.9. The van der Waals surface area contributed by atoms with Gasteiger partial charge in [0.15, 0.2) is 24.8 Å². The van der Waals surface area contributed by atoms with Crippen molar-refractivity contribution in [2.75, 3.05) is 0 Å². The van der Waals surface area contributed by atoms with Gasteiger partial charge in [0.1, 0.15) is 0 Å². The van der Waals surface area contributed by atoms with E-state index in [1.165, 1.54) is 12.1 Å². The monoisotopic (exact) mass is 516 g/mol. The van der Waals surface area contributed by atoms with Gasteiger partial charge in [0.2, 0.25) is 11.4 Å². The SMILES string of the molecule is FC(F)(F)c1cccc(-[n+]2ccc(-c3cc[n+](-c4cccc(C(F)(F)F)c4)cc3)cc2)c1.[Cl-].[Cl-]. The van der Waals surface area contributed by atoms with E-state index in [9.17, 15) is 26.3 Å². The number of alkyl halides is 6. The Morgan fingerprint density at radius 2 is 0.794 bits per heavy atom. The topological polar surface area (TPSA) is 7.76 Å². The molecule has 0 saturated heterocycles. The molecular formula is C24H16Cl2F6N2. The summed E-state index contributed by atoms with van der Waals surface area (Å²) in [4.78, 5) is 0. The molecule has 2 aromatic heterocycles. The molecule has 0 unspecified atom stereocenters. The zero-order valence-corrected chi connectivity index (χ0v) is 18.7. The quantitative estimate of drug-likeness (QED) is 0.266. The Balaban J connectivity index is 0.00000204. The van der Waals surface area contributed by atoms with Crippen LogP contribution in [-0.4, -0.2) is 0 Å². The van der Waals surface area contributed by atoms with Crippen molar-refractivity contribution >= 4 is 0 Å². The van der Waals surface area contributed by atoms with Crippen LogP contribution in [-0.2, 0) is 12.4 Å². The molecule has 34 heavy (non-hydrogen) atoms. The molecule has 0 N–H and O–H groups in total. The average molecular weight is 517 g/mol. The second-order valence-electron chi connectivity index (χ2n) is 7.08. The number of benzene rings is 2. The van der Waals surface area contributed by atoms with E-state index in [1.54, 1.807) is 70.3 Å². The highest BCUT2D eigenvalue weighted by Crippen LogP contribution is 2.30. The molecule has 4 aromatic rings. The summed E-state index contributed by atoms with van der Waals surface area (Å²) in [6.07, 6.45) is -2.24. The zero-order chi connectivity index (χ0) is 22.9. The van der Waals surface area contributed by atoms with Crippen LogP contribution >= 0.6 is 0 Å². The van der Waals surface area contributed by atoms with E-state index < -0.39 is 23.5 Å². The van der Waals surface area contributed by atoms with E-state index in [1.807, 2.05) is 0 Å². The third-order valence-electron chi connectivity index (χ3n) is 4.94. The number of nitrogens with zero attached hydrogens (tertiary/aromatic N) is 2. The molecule has 2 aromatic carbocycles. The Bertz CT molecular complexity index is 1140. The lowest BCUT2D eigenvalue weighted by Gasteiger charge is -2.07. The van der Waals surface area contributed by atoms with Crippen molar-refractivity contribution in [1.82, 2.24) is 0 Å². The molecule has 0 spiro atoms. The van der Waals surface area contributed by atoms with Gasteiger partial charge in [-0.15, -0.1) is 0 Å². The van der Waals surface area contributed by atoms with Crippen molar-refractivity contribution in [3.8, 4) is 22.5 Å². The first-order chi connectivity index (χ1) is 15.1. The number of hydrogen-bond donors (Lipinski definition) is 0. The lowest BCUT2D eigenvalue weighted by molar-refractivity contribution is -0.596. The minimum Gasteiger partial charge on any atom is -1.00 e. The van der Waals surface area contributed by atoms with Crippen molar-refractivity contribution < 1.29 is 60.3 Å². The number of hydrogen-bond acceptors (Lipinski definition) is 0. The highest BCUT2D eigenvalue weighted by molar-refractivity contribution is 5.61. The molecule has 0 bridgehead atoms. The highest BCUT2D eigenvalue weighted by atomic mass is 35.5. The second kappa shape index (κ2) is 10.4. The zero-order valence-electron chi connectivity index (χ0n) is 17.2. The van der Waals surface area contributed by atoms with Crippen LogP contribution in [0, 0.1) is 0 Å². The van der Waals surface area contributed by atoms with Crippen molar-refractivity contribution in [3.05, 3.63) is 109 Å². The Morgan fingerprint density at radius 3 is 1.09 bits per heavy atom. The molecule has 2 heterocycles. The van der Waals surface area contributed by atoms with Crippen molar-refractivity contribution in [2.24, 2.45) is 0 Å². The first-order valence-electron chi connectivity index (χ1n) is 9.49. The standard InChI is InChI=1S/C24H16F6N2.2ClH/c25-23(26,27)19-3-1-5-21(15-19)31-11-7-17(8-12-31)18-9-13-32(14-10-18)22-6-2-4-20(16-22)24(28,29)30;;/h1-16H;2*1H/q+2;;/p-2. The summed E-state index contributed by atoms with van der Waals surface area (Å²) in [6, 6.07) is 17.0. The van der Waals surface area contributed by atoms with Gasteiger partial charge in [0, 0.05) is 48.5 Å². The van der Waals surface area contributed by atoms with E-state index in [-0.39, 0.29) is 24.8 Å². The fourth-order valence-electron chi connectivity index (χ4n) is 3.27. The number of rotatable bonds is 3. The fraction of sp³-hybridized carbons (Fsp3) is 0.0833.